The molecule has 0 aromatic rings. The van der Waals surface area contributed by atoms with E-state index < -0.39 is 18.1 Å². The van der Waals surface area contributed by atoms with Crippen LogP contribution in [0.3, 0.4) is 0 Å². The van der Waals surface area contributed by atoms with Crippen molar-refractivity contribution in [3.05, 3.63) is 0 Å². The molecule has 2 nitrogen and oxygen atoms in total. The summed E-state index contributed by atoms with van der Waals surface area (Å²) >= 11 is 0. The highest BCUT2D eigenvalue weighted by atomic mass is 19.4. The zero-order valence-corrected chi connectivity index (χ0v) is 7.35. The maximum absolute atomic E-state index is 11.9. The molecule has 0 N–H and O–H groups in total. The molecule has 0 atom stereocenters. The first kappa shape index (κ1) is 11.8. The highest BCUT2D eigenvalue weighted by molar-refractivity contribution is 5.82. The molecule has 0 aliphatic carbocycles. The smallest absolute Gasteiger partial charge is 0.321 e. The van der Waals surface area contributed by atoms with Gasteiger partial charge < -0.3 is 4.90 Å². The average Bonchev–Trinajstić information content (AvgIpc) is 1.96. The number of rotatable bonds is 2. The van der Waals surface area contributed by atoms with Crippen LogP contribution >= 0.6 is 0 Å². The van der Waals surface area contributed by atoms with Gasteiger partial charge in [0.25, 0.3) is 0 Å². The van der Waals surface area contributed by atoms with Gasteiger partial charge in [-0.3, -0.25) is 4.79 Å². The molecule has 74 valence electrons. The van der Waals surface area contributed by atoms with Gasteiger partial charge in [0.1, 0.15) is 0 Å². The maximum Gasteiger partial charge on any atom is 0.471 e. The lowest BCUT2D eigenvalue weighted by Gasteiger charge is -2.25. The molecule has 0 saturated carbocycles. The maximum atomic E-state index is 11.9. The summed E-state index contributed by atoms with van der Waals surface area (Å²) in [6.07, 6.45) is -0.00906. The second-order valence-corrected chi connectivity index (χ2v) is 2.73. The van der Waals surface area contributed by atoms with Crippen molar-refractivity contribution in [3.8, 4) is 12.3 Å². The van der Waals surface area contributed by atoms with E-state index in [1.807, 2.05) is 5.92 Å². The minimum atomic E-state index is -4.85. The molecular weight excluding hydrogens is 183 g/mol. The van der Waals surface area contributed by atoms with E-state index in [9.17, 15) is 18.0 Å². The van der Waals surface area contributed by atoms with Crippen LogP contribution < -0.4 is 0 Å². The van der Waals surface area contributed by atoms with Crippen molar-refractivity contribution in [2.45, 2.75) is 26.1 Å². The van der Waals surface area contributed by atoms with Crippen LogP contribution in [-0.4, -0.2) is 29.6 Å². The number of amides is 1. The summed E-state index contributed by atoms with van der Waals surface area (Å²) in [5.74, 6) is 0.119. The molecule has 0 aromatic carbocycles. The molecule has 0 radical (unpaired) electrons. The van der Waals surface area contributed by atoms with Crippen molar-refractivity contribution in [2.24, 2.45) is 0 Å². The highest BCUT2D eigenvalue weighted by Crippen LogP contribution is 2.19. The van der Waals surface area contributed by atoms with Crippen LogP contribution in [0.5, 0.6) is 0 Å². The molecule has 0 heterocycles. The predicted octanol–water partition coefficient (Wildman–Crippen LogP) is 1.42. The molecule has 0 rings (SSSR count). The molecule has 13 heavy (non-hydrogen) atoms. The van der Waals surface area contributed by atoms with E-state index >= 15 is 0 Å². The van der Waals surface area contributed by atoms with Crippen molar-refractivity contribution in [1.82, 2.24) is 4.90 Å². The monoisotopic (exact) mass is 193 g/mol. The van der Waals surface area contributed by atoms with Crippen LogP contribution in [0, 0.1) is 12.3 Å². The van der Waals surface area contributed by atoms with Crippen LogP contribution in [-0.2, 0) is 4.79 Å². The fourth-order valence-corrected chi connectivity index (χ4v) is 0.750. The van der Waals surface area contributed by atoms with Gasteiger partial charge in [0.2, 0.25) is 0 Å². The number of carbonyl (C=O) groups excluding carboxylic acids is 1. The number of hydrogen-bond donors (Lipinski definition) is 0. The first-order valence-electron chi connectivity index (χ1n) is 3.62. The van der Waals surface area contributed by atoms with E-state index in [0.29, 0.717) is 4.90 Å². The Labute approximate surface area is 74.7 Å². The molecule has 0 aliphatic heterocycles. The number of nitrogens with zero attached hydrogens (tertiary/aromatic N) is 1. The van der Waals surface area contributed by atoms with Gasteiger partial charge in [-0.1, -0.05) is 5.92 Å². The minimum absolute atomic E-state index is 0.323. The van der Waals surface area contributed by atoms with Crippen molar-refractivity contribution in [1.29, 1.82) is 0 Å². The lowest BCUT2D eigenvalue weighted by atomic mass is 10.3. The third kappa shape index (κ3) is 3.36. The lowest BCUT2D eigenvalue weighted by Crippen LogP contribution is -2.45. The predicted molar refractivity (Wildman–Crippen MR) is 41.7 cm³/mol. The fraction of sp³-hybridized carbons (Fsp3) is 0.625. The number of terminal acetylenes is 1. The molecular formula is C8H10F3NO. The van der Waals surface area contributed by atoms with Gasteiger partial charge in [-0.25, -0.2) is 0 Å². The van der Waals surface area contributed by atoms with Gasteiger partial charge in [0.05, 0.1) is 6.54 Å². The topological polar surface area (TPSA) is 20.3 Å². The zero-order valence-electron chi connectivity index (χ0n) is 7.35. The normalized spacial score (nSPS) is 11.2. The summed E-state index contributed by atoms with van der Waals surface area (Å²) in [6, 6.07) is -0.551. The standard InChI is InChI=1S/C8H10F3NO/c1-4-5-12(6(2)3)7(13)8(9,10)11/h1,6H,5H2,2-3H3. The molecule has 0 aromatic heterocycles. The van der Waals surface area contributed by atoms with Crippen LogP contribution in [0.25, 0.3) is 0 Å². The molecule has 0 spiro atoms. The first-order chi connectivity index (χ1) is 5.80. The summed E-state index contributed by atoms with van der Waals surface area (Å²) in [4.78, 5) is 11.3. The van der Waals surface area contributed by atoms with Crippen molar-refractivity contribution in [3.63, 3.8) is 0 Å². The van der Waals surface area contributed by atoms with Crippen LogP contribution in [0.15, 0.2) is 0 Å². The van der Waals surface area contributed by atoms with E-state index in [2.05, 4.69) is 0 Å². The Morgan fingerprint density at radius 3 is 2.23 bits per heavy atom. The summed E-state index contributed by atoms with van der Waals surface area (Å²) in [7, 11) is 0. The second-order valence-electron chi connectivity index (χ2n) is 2.73. The lowest BCUT2D eigenvalue weighted by molar-refractivity contribution is -0.186. The van der Waals surface area contributed by atoms with Gasteiger partial charge in [0.15, 0.2) is 0 Å². The van der Waals surface area contributed by atoms with E-state index in [4.69, 9.17) is 6.42 Å². The van der Waals surface area contributed by atoms with Crippen molar-refractivity contribution >= 4 is 5.91 Å². The summed E-state index contributed by atoms with van der Waals surface area (Å²) < 4.78 is 35.8. The molecule has 5 heteroatoms. The molecule has 0 unspecified atom stereocenters. The van der Waals surface area contributed by atoms with Crippen molar-refractivity contribution in [2.75, 3.05) is 6.54 Å². The zero-order chi connectivity index (χ0) is 10.6. The Kier molecular flexibility index (Phi) is 3.79. The van der Waals surface area contributed by atoms with Crippen LogP contribution in [0.4, 0.5) is 13.2 Å². The Morgan fingerprint density at radius 1 is 1.54 bits per heavy atom. The number of halogens is 3. The van der Waals surface area contributed by atoms with Gasteiger partial charge >= 0.3 is 12.1 Å². The Morgan fingerprint density at radius 2 is 2.00 bits per heavy atom. The van der Waals surface area contributed by atoms with Crippen LogP contribution in [0.2, 0.25) is 0 Å². The molecule has 0 fully saturated rings. The largest absolute Gasteiger partial charge is 0.471 e. The van der Waals surface area contributed by atoms with E-state index in [-0.39, 0.29) is 6.54 Å². The number of hydrogen-bond acceptors (Lipinski definition) is 1. The Hall–Kier alpha value is -1.18. The van der Waals surface area contributed by atoms with Crippen LogP contribution in [0.1, 0.15) is 13.8 Å². The highest BCUT2D eigenvalue weighted by Gasteiger charge is 2.42. The molecule has 0 bridgehead atoms. The minimum Gasteiger partial charge on any atom is -0.321 e. The molecule has 1 amide bonds. The number of carbonyl (C=O) groups is 1. The Bertz CT molecular complexity index is 227. The SMILES string of the molecule is C#CCN(C(=O)C(F)(F)F)C(C)C. The molecule has 0 aliphatic rings. The summed E-state index contributed by atoms with van der Waals surface area (Å²) in [5.41, 5.74) is 0. The second kappa shape index (κ2) is 4.17. The average molecular weight is 193 g/mol. The molecule has 0 saturated heterocycles. The van der Waals surface area contributed by atoms with E-state index in [1.165, 1.54) is 13.8 Å². The van der Waals surface area contributed by atoms with Crippen molar-refractivity contribution < 1.29 is 18.0 Å². The Balaban J connectivity index is 4.59. The van der Waals surface area contributed by atoms with Gasteiger partial charge in [-0.05, 0) is 13.8 Å². The third-order valence-electron chi connectivity index (χ3n) is 1.39. The fourth-order valence-electron chi connectivity index (χ4n) is 0.750. The quantitative estimate of drug-likeness (QED) is 0.607. The van der Waals surface area contributed by atoms with Gasteiger partial charge in [-0.15, -0.1) is 6.42 Å². The summed E-state index contributed by atoms with van der Waals surface area (Å²) in [6.45, 7) is 2.62. The van der Waals surface area contributed by atoms with E-state index in [1.54, 1.807) is 0 Å². The van der Waals surface area contributed by atoms with E-state index in [0.717, 1.165) is 0 Å². The summed E-state index contributed by atoms with van der Waals surface area (Å²) in [5, 5.41) is 0. The third-order valence-corrected chi connectivity index (χ3v) is 1.39. The van der Waals surface area contributed by atoms with Gasteiger partial charge in [0, 0.05) is 6.04 Å². The first-order valence-corrected chi connectivity index (χ1v) is 3.62. The number of alkyl halides is 3. The van der Waals surface area contributed by atoms with Gasteiger partial charge in [-0.2, -0.15) is 13.2 Å².